The number of hydrogen-bond donors (Lipinski definition) is 1. The fourth-order valence-electron chi connectivity index (χ4n) is 1.29. The number of hydrogen-bond acceptors (Lipinski definition) is 1. The predicted octanol–water partition coefficient (Wildman–Crippen LogP) is 1.75. The molecule has 0 aliphatic heterocycles. The van der Waals surface area contributed by atoms with E-state index in [-0.39, 0.29) is 5.11 Å². The second kappa shape index (κ2) is 3.06. The van der Waals surface area contributed by atoms with Gasteiger partial charge in [-0.3, -0.25) is 15.8 Å². The highest BCUT2D eigenvalue weighted by Gasteiger charge is 1.98. The van der Waals surface area contributed by atoms with Crippen molar-refractivity contribution in [1.82, 2.24) is 10.4 Å². The molecule has 3 nitrogen and oxygen atoms in total. The number of thiocarbonyl (C=S) groups is 1. The van der Waals surface area contributed by atoms with E-state index >= 15 is 0 Å². The van der Waals surface area contributed by atoms with Crippen LogP contribution in [0.4, 0.5) is 0 Å². The Hall–Kier alpha value is -1.55. The highest BCUT2D eigenvalue weighted by Crippen LogP contribution is 2.12. The van der Waals surface area contributed by atoms with Crippen LogP contribution in [-0.2, 0) is 0 Å². The SMILES string of the molecule is [NH]C(=S)Nn1ccc2ccccc21. The van der Waals surface area contributed by atoms with Crippen molar-refractivity contribution in [1.29, 1.82) is 0 Å². The van der Waals surface area contributed by atoms with Gasteiger partial charge in [0.25, 0.3) is 0 Å². The molecule has 0 saturated heterocycles. The Morgan fingerprint density at radius 3 is 2.85 bits per heavy atom. The van der Waals surface area contributed by atoms with Crippen molar-refractivity contribution in [3.05, 3.63) is 36.5 Å². The van der Waals surface area contributed by atoms with E-state index in [1.807, 2.05) is 36.5 Å². The van der Waals surface area contributed by atoms with Crippen molar-refractivity contribution in [2.75, 3.05) is 5.43 Å². The highest BCUT2D eigenvalue weighted by atomic mass is 32.1. The molecule has 0 unspecified atom stereocenters. The predicted molar refractivity (Wildman–Crippen MR) is 57.0 cm³/mol. The highest BCUT2D eigenvalue weighted by molar-refractivity contribution is 7.80. The molecular formula is C9H8N3S. The minimum Gasteiger partial charge on any atom is -0.273 e. The quantitative estimate of drug-likeness (QED) is 0.696. The fourth-order valence-corrected chi connectivity index (χ4v) is 1.39. The van der Waals surface area contributed by atoms with E-state index in [0.717, 1.165) is 10.9 Å². The lowest BCUT2D eigenvalue weighted by Crippen LogP contribution is -2.20. The van der Waals surface area contributed by atoms with Crippen molar-refractivity contribution in [2.45, 2.75) is 0 Å². The van der Waals surface area contributed by atoms with Crippen molar-refractivity contribution < 1.29 is 0 Å². The first-order valence-corrected chi connectivity index (χ1v) is 4.27. The van der Waals surface area contributed by atoms with Gasteiger partial charge in [0.15, 0.2) is 0 Å². The normalized spacial score (nSPS) is 10.2. The summed E-state index contributed by atoms with van der Waals surface area (Å²) in [6.07, 6.45) is 1.85. The molecule has 0 atom stereocenters. The molecule has 1 heterocycles. The molecule has 0 aliphatic rings. The molecule has 1 radical (unpaired) electrons. The molecule has 0 fully saturated rings. The first-order valence-electron chi connectivity index (χ1n) is 3.86. The summed E-state index contributed by atoms with van der Waals surface area (Å²) in [7, 11) is 0. The summed E-state index contributed by atoms with van der Waals surface area (Å²) < 4.78 is 1.74. The molecule has 0 bridgehead atoms. The third kappa shape index (κ3) is 1.48. The largest absolute Gasteiger partial charge is 0.273 e. The van der Waals surface area contributed by atoms with Gasteiger partial charge in [-0.15, -0.1) is 0 Å². The Labute approximate surface area is 81.1 Å². The average molecular weight is 190 g/mol. The number of nitrogens with one attached hydrogen (secondary N) is 2. The van der Waals surface area contributed by atoms with Gasteiger partial charge in [-0.05, 0) is 24.4 Å². The number of aromatic nitrogens is 1. The Kier molecular flexibility index (Phi) is 1.90. The Morgan fingerprint density at radius 2 is 2.08 bits per heavy atom. The Bertz CT molecular complexity index is 447. The van der Waals surface area contributed by atoms with Gasteiger partial charge in [-0.25, -0.2) is 0 Å². The van der Waals surface area contributed by atoms with Crippen LogP contribution in [0.1, 0.15) is 0 Å². The summed E-state index contributed by atoms with van der Waals surface area (Å²) in [6.45, 7) is 0. The van der Waals surface area contributed by atoms with Crippen LogP contribution in [0.5, 0.6) is 0 Å². The van der Waals surface area contributed by atoms with Crippen LogP contribution in [0.3, 0.4) is 0 Å². The number of fused-ring (bicyclic) bond motifs is 1. The van der Waals surface area contributed by atoms with Crippen LogP contribution in [0.15, 0.2) is 36.5 Å². The van der Waals surface area contributed by atoms with E-state index in [4.69, 9.17) is 5.73 Å². The number of para-hydroxylation sites is 1. The maximum Gasteiger partial charge on any atom is 0.204 e. The third-order valence-electron chi connectivity index (χ3n) is 1.82. The molecule has 0 spiro atoms. The fraction of sp³-hybridized carbons (Fsp3) is 0. The zero-order chi connectivity index (χ0) is 9.26. The lowest BCUT2D eigenvalue weighted by atomic mass is 10.3. The van der Waals surface area contributed by atoms with Crippen LogP contribution in [0, 0.1) is 0 Å². The molecule has 0 saturated carbocycles. The lowest BCUT2D eigenvalue weighted by Gasteiger charge is -2.04. The molecule has 0 amide bonds. The van der Waals surface area contributed by atoms with Crippen molar-refractivity contribution in [3.8, 4) is 0 Å². The molecule has 0 aliphatic carbocycles. The van der Waals surface area contributed by atoms with E-state index in [9.17, 15) is 0 Å². The molecule has 1 aromatic carbocycles. The van der Waals surface area contributed by atoms with Gasteiger partial charge in [-0.1, -0.05) is 18.2 Å². The Balaban J connectivity index is 2.51. The monoisotopic (exact) mass is 190 g/mol. The molecule has 2 N–H and O–H groups in total. The van der Waals surface area contributed by atoms with Crippen LogP contribution in [-0.4, -0.2) is 9.79 Å². The minimum atomic E-state index is 0.0151. The number of nitrogens with zero attached hydrogens (tertiary/aromatic N) is 1. The smallest absolute Gasteiger partial charge is 0.204 e. The Morgan fingerprint density at radius 1 is 1.31 bits per heavy atom. The second-order valence-electron chi connectivity index (χ2n) is 2.69. The van der Waals surface area contributed by atoms with Crippen molar-refractivity contribution >= 4 is 28.2 Å². The van der Waals surface area contributed by atoms with Gasteiger partial charge < -0.3 is 0 Å². The van der Waals surface area contributed by atoms with Gasteiger partial charge in [-0.2, -0.15) is 0 Å². The molecular weight excluding hydrogens is 182 g/mol. The summed E-state index contributed by atoms with van der Waals surface area (Å²) in [4.78, 5) is 0. The third-order valence-corrected chi connectivity index (χ3v) is 1.91. The molecule has 2 aromatic rings. The molecule has 4 heteroatoms. The lowest BCUT2D eigenvalue weighted by molar-refractivity contribution is 1.03. The molecule has 13 heavy (non-hydrogen) atoms. The van der Waals surface area contributed by atoms with Crippen molar-refractivity contribution in [2.24, 2.45) is 0 Å². The zero-order valence-corrected chi connectivity index (χ0v) is 7.64. The first-order chi connectivity index (χ1) is 6.27. The summed E-state index contributed by atoms with van der Waals surface area (Å²) in [5.41, 5.74) is 10.9. The van der Waals surface area contributed by atoms with Gasteiger partial charge >= 0.3 is 0 Å². The van der Waals surface area contributed by atoms with Crippen LogP contribution in [0.2, 0.25) is 0 Å². The standard InChI is InChI=1S/C9H8N3S/c10-9(13)11-12-6-5-7-3-1-2-4-8(7)12/h1-6,10H,(H,11,13). The molecule has 1 aromatic heterocycles. The van der Waals surface area contributed by atoms with E-state index in [1.54, 1.807) is 4.68 Å². The van der Waals surface area contributed by atoms with Crippen molar-refractivity contribution in [3.63, 3.8) is 0 Å². The molecule has 2 rings (SSSR count). The van der Waals surface area contributed by atoms with Gasteiger partial charge in [0, 0.05) is 11.6 Å². The van der Waals surface area contributed by atoms with Crippen LogP contribution < -0.4 is 11.2 Å². The number of benzene rings is 1. The van der Waals surface area contributed by atoms with Crippen LogP contribution >= 0.6 is 12.2 Å². The van der Waals surface area contributed by atoms with Gasteiger partial charge in [0.1, 0.15) is 0 Å². The summed E-state index contributed by atoms with van der Waals surface area (Å²) >= 11 is 4.64. The van der Waals surface area contributed by atoms with Crippen LogP contribution in [0.25, 0.3) is 10.9 Å². The van der Waals surface area contributed by atoms with Gasteiger partial charge in [0.2, 0.25) is 5.11 Å². The van der Waals surface area contributed by atoms with E-state index < -0.39 is 0 Å². The average Bonchev–Trinajstić information content (AvgIpc) is 2.48. The van der Waals surface area contributed by atoms with E-state index in [0.29, 0.717) is 0 Å². The van der Waals surface area contributed by atoms with Gasteiger partial charge in [0.05, 0.1) is 5.52 Å². The maximum atomic E-state index is 7.13. The second-order valence-corrected chi connectivity index (χ2v) is 3.09. The number of rotatable bonds is 1. The summed E-state index contributed by atoms with van der Waals surface area (Å²) in [5, 5.41) is 1.15. The maximum absolute atomic E-state index is 7.13. The molecule has 65 valence electrons. The van der Waals surface area contributed by atoms with E-state index in [2.05, 4.69) is 17.6 Å². The summed E-state index contributed by atoms with van der Waals surface area (Å²) in [6, 6.07) is 9.89. The topological polar surface area (TPSA) is 40.8 Å². The first kappa shape index (κ1) is 8.07. The minimum absolute atomic E-state index is 0.0151. The zero-order valence-electron chi connectivity index (χ0n) is 6.82. The van der Waals surface area contributed by atoms with E-state index in [1.165, 1.54) is 0 Å². The summed E-state index contributed by atoms with van der Waals surface area (Å²) in [5.74, 6) is 0.